The van der Waals surface area contributed by atoms with Crippen LogP contribution in [0.1, 0.15) is 11.5 Å². The Kier molecular flexibility index (Phi) is 4.63. The molecule has 8 nitrogen and oxygen atoms in total. The second-order valence-corrected chi connectivity index (χ2v) is 6.53. The van der Waals surface area contributed by atoms with Crippen LogP contribution in [0.15, 0.2) is 58.4 Å². The third-order valence-corrected chi connectivity index (χ3v) is 4.81. The van der Waals surface area contributed by atoms with E-state index in [1.54, 1.807) is 30.6 Å². The summed E-state index contributed by atoms with van der Waals surface area (Å²) < 4.78 is 7.61. The van der Waals surface area contributed by atoms with Gasteiger partial charge in [-0.3, -0.25) is 4.98 Å². The van der Waals surface area contributed by atoms with Crippen molar-refractivity contribution in [1.82, 2.24) is 29.9 Å². The molecule has 0 bridgehead atoms. The normalized spacial score (nSPS) is 10.7. The summed E-state index contributed by atoms with van der Waals surface area (Å²) in [6.07, 6.45) is 3.44. The van der Waals surface area contributed by atoms with Crippen molar-refractivity contribution in [3.63, 3.8) is 0 Å². The zero-order valence-corrected chi connectivity index (χ0v) is 15.1. The molecule has 0 spiro atoms. The first-order valence-electron chi connectivity index (χ1n) is 8.00. The van der Waals surface area contributed by atoms with Gasteiger partial charge in [0, 0.05) is 30.6 Å². The average Bonchev–Trinajstić information content (AvgIpc) is 3.34. The van der Waals surface area contributed by atoms with Crippen molar-refractivity contribution in [2.75, 3.05) is 0 Å². The highest BCUT2D eigenvalue weighted by Gasteiger charge is 2.14. The molecule has 0 unspecified atom stereocenters. The van der Waals surface area contributed by atoms with E-state index < -0.39 is 0 Å². The molecule has 0 aliphatic heterocycles. The van der Waals surface area contributed by atoms with Crippen LogP contribution < -0.4 is 0 Å². The Bertz CT molecular complexity index is 1110. The fourth-order valence-corrected chi connectivity index (χ4v) is 3.22. The Labute approximate surface area is 158 Å². The van der Waals surface area contributed by atoms with Gasteiger partial charge in [0.1, 0.15) is 0 Å². The number of nitrogens with zero attached hydrogens (tertiary/aromatic N) is 7. The average molecular weight is 375 g/mol. The fraction of sp³-hybridized carbons (Fsp3) is 0.111. The molecule has 0 radical (unpaired) electrons. The van der Waals surface area contributed by atoms with Crippen molar-refractivity contribution in [3.8, 4) is 28.9 Å². The van der Waals surface area contributed by atoms with Crippen molar-refractivity contribution < 1.29 is 4.42 Å². The zero-order chi connectivity index (χ0) is 18.6. The molecule has 1 aromatic carbocycles. The van der Waals surface area contributed by atoms with E-state index in [-0.39, 0.29) is 0 Å². The molecule has 4 rings (SSSR count). The lowest BCUT2D eigenvalue weighted by molar-refractivity contribution is 0.528. The minimum atomic E-state index is 0.387. The van der Waals surface area contributed by atoms with Crippen LogP contribution in [-0.2, 0) is 12.8 Å². The van der Waals surface area contributed by atoms with Gasteiger partial charge in [0.05, 0.1) is 17.4 Å². The number of pyridine rings is 1. The highest BCUT2D eigenvalue weighted by Crippen LogP contribution is 2.26. The molecule has 9 heteroatoms. The minimum absolute atomic E-state index is 0.387. The maximum Gasteiger partial charge on any atom is 0.247 e. The summed E-state index contributed by atoms with van der Waals surface area (Å²) in [6, 6.07) is 12.9. The first-order valence-corrected chi connectivity index (χ1v) is 8.98. The second kappa shape index (κ2) is 7.39. The molecule has 132 valence electrons. The number of benzene rings is 1. The van der Waals surface area contributed by atoms with Gasteiger partial charge in [0.15, 0.2) is 11.0 Å². The number of hydrogen-bond acceptors (Lipinski definition) is 8. The Hall–Kier alpha value is -3.51. The SMILES string of the molecule is Cn1c(SCc2nnc(-c3cccc(C#N)c3)o2)nnc1-c1ccncc1. The lowest BCUT2D eigenvalue weighted by Crippen LogP contribution is -1.95. The lowest BCUT2D eigenvalue weighted by Gasteiger charge is -2.02. The maximum absolute atomic E-state index is 9.00. The first kappa shape index (κ1) is 16.9. The molecule has 0 atom stereocenters. The summed E-state index contributed by atoms with van der Waals surface area (Å²) in [5, 5.41) is 26.3. The van der Waals surface area contributed by atoms with Crippen LogP contribution in [0.4, 0.5) is 0 Å². The van der Waals surface area contributed by atoms with Gasteiger partial charge in [0.2, 0.25) is 11.8 Å². The van der Waals surface area contributed by atoms with Gasteiger partial charge in [-0.2, -0.15) is 5.26 Å². The standard InChI is InChI=1S/C18H13N7OS/c1-25-16(13-5-7-20-8-6-13)22-24-18(25)27-11-15-21-23-17(26-15)14-4-2-3-12(9-14)10-19/h2-9H,11H2,1H3. The molecule has 0 fully saturated rings. The summed E-state index contributed by atoms with van der Waals surface area (Å²) in [5.41, 5.74) is 2.21. The lowest BCUT2D eigenvalue weighted by atomic mass is 10.1. The van der Waals surface area contributed by atoms with E-state index in [0.717, 1.165) is 22.1 Å². The Morgan fingerprint density at radius 1 is 1.07 bits per heavy atom. The highest BCUT2D eigenvalue weighted by molar-refractivity contribution is 7.98. The Morgan fingerprint density at radius 2 is 1.93 bits per heavy atom. The maximum atomic E-state index is 9.00. The van der Waals surface area contributed by atoms with E-state index in [1.807, 2.05) is 29.8 Å². The van der Waals surface area contributed by atoms with Crippen molar-refractivity contribution in [2.24, 2.45) is 7.05 Å². The quantitative estimate of drug-likeness (QED) is 0.490. The van der Waals surface area contributed by atoms with Crippen LogP contribution in [-0.4, -0.2) is 29.9 Å². The van der Waals surface area contributed by atoms with Gasteiger partial charge < -0.3 is 8.98 Å². The topological polar surface area (TPSA) is 106 Å². The minimum Gasteiger partial charge on any atom is -0.420 e. The third kappa shape index (κ3) is 3.56. The monoisotopic (exact) mass is 375 g/mol. The fourth-order valence-electron chi connectivity index (χ4n) is 2.47. The number of rotatable bonds is 5. The summed E-state index contributed by atoms with van der Waals surface area (Å²) in [5.74, 6) is 2.09. The summed E-state index contributed by atoms with van der Waals surface area (Å²) in [7, 11) is 1.91. The summed E-state index contributed by atoms with van der Waals surface area (Å²) in [6.45, 7) is 0. The first-order chi connectivity index (χ1) is 13.2. The molecule has 0 saturated heterocycles. The van der Waals surface area contributed by atoms with Crippen LogP contribution in [0.5, 0.6) is 0 Å². The van der Waals surface area contributed by atoms with Crippen molar-refractivity contribution >= 4 is 11.8 Å². The van der Waals surface area contributed by atoms with Gasteiger partial charge in [-0.15, -0.1) is 20.4 Å². The predicted molar refractivity (Wildman–Crippen MR) is 98.2 cm³/mol. The number of thioether (sulfide) groups is 1. The van der Waals surface area contributed by atoms with E-state index in [0.29, 0.717) is 23.1 Å². The van der Waals surface area contributed by atoms with Crippen molar-refractivity contribution in [2.45, 2.75) is 10.9 Å². The van der Waals surface area contributed by atoms with Gasteiger partial charge >= 0.3 is 0 Å². The molecular weight excluding hydrogens is 362 g/mol. The molecule has 0 saturated carbocycles. The van der Waals surface area contributed by atoms with Gasteiger partial charge in [0.25, 0.3) is 0 Å². The molecule has 4 aromatic rings. The largest absolute Gasteiger partial charge is 0.420 e. The van der Waals surface area contributed by atoms with Gasteiger partial charge in [-0.1, -0.05) is 17.8 Å². The van der Waals surface area contributed by atoms with Crippen molar-refractivity contribution in [3.05, 3.63) is 60.2 Å². The van der Waals surface area contributed by atoms with E-state index in [2.05, 4.69) is 31.4 Å². The number of nitriles is 1. The molecule has 0 amide bonds. The van der Waals surface area contributed by atoms with Crippen LogP contribution in [0.25, 0.3) is 22.8 Å². The molecule has 0 aliphatic carbocycles. The second-order valence-electron chi connectivity index (χ2n) is 5.58. The molecular formula is C18H13N7OS. The summed E-state index contributed by atoms with van der Waals surface area (Å²) >= 11 is 1.46. The predicted octanol–water partition coefficient (Wildman–Crippen LogP) is 3.09. The van der Waals surface area contributed by atoms with E-state index in [1.165, 1.54) is 11.8 Å². The van der Waals surface area contributed by atoms with Gasteiger partial charge in [-0.05, 0) is 30.3 Å². The van der Waals surface area contributed by atoms with E-state index >= 15 is 0 Å². The molecule has 3 aromatic heterocycles. The smallest absolute Gasteiger partial charge is 0.247 e. The van der Waals surface area contributed by atoms with E-state index in [9.17, 15) is 0 Å². The third-order valence-electron chi connectivity index (χ3n) is 3.80. The van der Waals surface area contributed by atoms with Crippen LogP contribution in [0.2, 0.25) is 0 Å². The number of hydrogen-bond donors (Lipinski definition) is 0. The Morgan fingerprint density at radius 3 is 2.74 bits per heavy atom. The molecule has 0 N–H and O–H groups in total. The zero-order valence-electron chi connectivity index (χ0n) is 14.3. The van der Waals surface area contributed by atoms with Crippen LogP contribution in [0.3, 0.4) is 0 Å². The molecule has 3 heterocycles. The van der Waals surface area contributed by atoms with Crippen LogP contribution >= 0.6 is 11.8 Å². The summed E-state index contributed by atoms with van der Waals surface area (Å²) in [4.78, 5) is 4.01. The van der Waals surface area contributed by atoms with Crippen molar-refractivity contribution in [1.29, 1.82) is 5.26 Å². The number of aromatic nitrogens is 6. The molecule has 27 heavy (non-hydrogen) atoms. The molecule has 0 aliphatic rings. The van der Waals surface area contributed by atoms with E-state index in [4.69, 9.17) is 9.68 Å². The Balaban J connectivity index is 1.48. The highest BCUT2D eigenvalue weighted by atomic mass is 32.2. The van der Waals surface area contributed by atoms with Crippen LogP contribution in [0, 0.1) is 11.3 Å². The van der Waals surface area contributed by atoms with Gasteiger partial charge in [-0.25, -0.2) is 0 Å².